The van der Waals surface area contributed by atoms with Crippen LogP contribution in [-0.2, 0) is 11.2 Å². The van der Waals surface area contributed by atoms with Gasteiger partial charge in [0, 0.05) is 29.4 Å². The largest absolute Gasteiger partial charge is 0.338 e. The number of carbonyl (C=O) groups excluding carboxylic acids is 2. The predicted octanol–water partition coefficient (Wildman–Crippen LogP) is 4.27. The van der Waals surface area contributed by atoms with Gasteiger partial charge in [-0.15, -0.1) is 0 Å². The SMILES string of the molecule is C=C1c2ccccc2C(=O)N1CC(=O)N(CCc1ccc(F)cc1)C1CCCC1. The number of hydrogen-bond donors (Lipinski definition) is 0. The van der Waals surface area contributed by atoms with E-state index in [1.807, 2.05) is 23.1 Å². The van der Waals surface area contributed by atoms with E-state index in [1.54, 1.807) is 18.2 Å². The minimum atomic E-state index is -0.261. The molecule has 4 nitrogen and oxygen atoms in total. The Morgan fingerprint density at radius 2 is 1.72 bits per heavy atom. The van der Waals surface area contributed by atoms with Crippen molar-refractivity contribution in [2.75, 3.05) is 13.1 Å². The lowest BCUT2D eigenvalue weighted by Gasteiger charge is -2.31. The second-order valence-corrected chi connectivity index (χ2v) is 7.79. The van der Waals surface area contributed by atoms with Crippen LogP contribution in [0.25, 0.3) is 5.70 Å². The van der Waals surface area contributed by atoms with Gasteiger partial charge in [-0.2, -0.15) is 0 Å². The Kier molecular flexibility index (Phi) is 5.47. The van der Waals surface area contributed by atoms with Crippen LogP contribution in [0, 0.1) is 5.82 Å². The van der Waals surface area contributed by atoms with Crippen LogP contribution in [0.2, 0.25) is 0 Å². The molecule has 150 valence electrons. The Morgan fingerprint density at radius 1 is 1.07 bits per heavy atom. The average molecular weight is 392 g/mol. The fraction of sp³-hybridized carbons (Fsp3) is 0.333. The van der Waals surface area contributed by atoms with Crippen LogP contribution in [-0.4, -0.2) is 40.7 Å². The molecule has 1 aliphatic carbocycles. The van der Waals surface area contributed by atoms with Gasteiger partial charge < -0.3 is 4.90 Å². The zero-order chi connectivity index (χ0) is 20.4. The molecule has 29 heavy (non-hydrogen) atoms. The molecule has 1 saturated carbocycles. The first-order valence-corrected chi connectivity index (χ1v) is 10.2. The molecule has 1 aliphatic heterocycles. The molecule has 0 unspecified atom stereocenters. The van der Waals surface area contributed by atoms with Gasteiger partial charge in [-0.1, -0.05) is 49.8 Å². The molecule has 1 heterocycles. The number of rotatable bonds is 6. The van der Waals surface area contributed by atoms with E-state index in [1.165, 1.54) is 17.0 Å². The second kappa shape index (κ2) is 8.19. The summed E-state index contributed by atoms with van der Waals surface area (Å²) in [6.07, 6.45) is 4.88. The van der Waals surface area contributed by atoms with Gasteiger partial charge in [0.15, 0.2) is 0 Å². The van der Waals surface area contributed by atoms with Crippen molar-refractivity contribution in [3.05, 3.63) is 77.6 Å². The fourth-order valence-electron chi connectivity index (χ4n) is 4.36. The fourth-order valence-corrected chi connectivity index (χ4v) is 4.36. The van der Waals surface area contributed by atoms with Gasteiger partial charge in [0.2, 0.25) is 5.91 Å². The minimum Gasteiger partial charge on any atom is -0.338 e. The quantitative estimate of drug-likeness (QED) is 0.737. The van der Waals surface area contributed by atoms with Crippen LogP contribution >= 0.6 is 0 Å². The average Bonchev–Trinajstić information content (AvgIpc) is 3.34. The molecule has 2 aromatic carbocycles. The highest BCUT2D eigenvalue weighted by Gasteiger charge is 2.34. The smallest absolute Gasteiger partial charge is 0.259 e. The summed E-state index contributed by atoms with van der Waals surface area (Å²) < 4.78 is 13.2. The summed E-state index contributed by atoms with van der Waals surface area (Å²) in [4.78, 5) is 29.4. The Hall–Kier alpha value is -2.95. The highest BCUT2D eigenvalue weighted by atomic mass is 19.1. The van der Waals surface area contributed by atoms with Crippen LogP contribution in [0.15, 0.2) is 55.1 Å². The molecule has 1 fully saturated rings. The van der Waals surface area contributed by atoms with E-state index in [0.717, 1.165) is 36.8 Å². The molecule has 0 saturated heterocycles. The Balaban J connectivity index is 1.47. The molecule has 0 spiro atoms. The second-order valence-electron chi connectivity index (χ2n) is 7.79. The zero-order valence-electron chi connectivity index (χ0n) is 16.4. The molecule has 4 rings (SSSR count). The Morgan fingerprint density at radius 3 is 2.38 bits per heavy atom. The first-order valence-electron chi connectivity index (χ1n) is 10.2. The van der Waals surface area contributed by atoms with E-state index < -0.39 is 0 Å². The number of carbonyl (C=O) groups is 2. The summed E-state index contributed by atoms with van der Waals surface area (Å²) in [5, 5.41) is 0. The van der Waals surface area contributed by atoms with Gasteiger partial charge in [0.25, 0.3) is 5.91 Å². The molecule has 0 aromatic heterocycles. The summed E-state index contributed by atoms with van der Waals surface area (Å²) in [6.45, 7) is 4.61. The van der Waals surface area contributed by atoms with Crippen LogP contribution in [0.1, 0.15) is 47.2 Å². The van der Waals surface area contributed by atoms with E-state index in [-0.39, 0.29) is 30.2 Å². The van der Waals surface area contributed by atoms with Crippen LogP contribution in [0.5, 0.6) is 0 Å². The number of halogens is 1. The highest BCUT2D eigenvalue weighted by Crippen LogP contribution is 2.31. The number of hydrogen-bond acceptors (Lipinski definition) is 2. The lowest BCUT2D eigenvalue weighted by molar-refractivity contribution is -0.133. The van der Waals surface area contributed by atoms with Gasteiger partial charge >= 0.3 is 0 Å². The molecular weight excluding hydrogens is 367 g/mol. The summed E-state index contributed by atoms with van der Waals surface area (Å²) in [6, 6.07) is 13.9. The third-order valence-corrected chi connectivity index (χ3v) is 5.97. The van der Waals surface area contributed by atoms with Crippen LogP contribution in [0.4, 0.5) is 4.39 Å². The molecule has 0 bridgehead atoms. The minimum absolute atomic E-state index is 0.00621. The maximum atomic E-state index is 13.2. The number of fused-ring (bicyclic) bond motifs is 1. The van der Waals surface area contributed by atoms with Crippen molar-refractivity contribution in [2.45, 2.75) is 38.1 Å². The predicted molar refractivity (Wildman–Crippen MR) is 111 cm³/mol. The first-order chi connectivity index (χ1) is 14.0. The van der Waals surface area contributed by atoms with Crippen molar-refractivity contribution in [1.82, 2.24) is 9.80 Å². The lowest BCUT2D eigenvalue weighted by Crippen LogP contribution is -2.45. The normalized spacial score (nSPS) is 16.4. The maximum absolute atomic E-state index is 13.2. The van der Waals surface area contributed by atoms with Gasteiger partial charge in [0.1, 0.15) is 12.4 Å². The number of amides is 2. The van der Waals surface area contributed by atoms with Crippen LogP contribution in [0.3, 0.4) is 0 Å². The first kappa shape index (κ1) is 19.4. The number of nitrogens with zero attached hydrogens (tertiary/aromatic N) is 2. The standard InChI is InChI=1S/C24H25FN2O2/c1-17-21-8-4-5-9-22(21)24(29)27(17)16-23(28)26(20-6-2-3-7-20)15-14-18-10-12-19(25)13-11-18/h4-5,8-13,20H,1-3,6-7,14-16H2. The van der Waals surface area contributed by atoms with Crippen LogP contribution < -0.4 is 0 Å². The Labute approximate surface area is 170 Å². The van der Waals surface area contributed by atoms with Gasteiger partial charge in [-0.3, -0.25) is 14.5 Å². The van der Waals surface area contributed by atoms with E-state index >= 15 is 0 Å². The van der Waals surface area contributed by atoms with Crippen molar-refractivity contribution in [3.8, 4) is 0 Å². The zero-order valence-corrected chi connectivity index (χ0v) is 16.4. The topological polar surface area (TPSA) is 40.6 Å². The molecule has 2 aliphatic rings. The highest BCUT2D eigenvalue weighted by molar-refractivity contribution is 6.10. The van der Waals surface area contributed by atoms with Crippen molar-refractivity contribution in [2.24, 2.45) is 0 Å². The van der Waals surface area contributed by atoms with E-state index in [2.05, 4.69) is 6.58 Å². The monoisotopic (exact) mass is 392 g/mol. The summed E-state index contributed by atoms with van der Waals surface area (Å²) in [5.74, 6) is -0.478. The summed E-state index contributed by atoms with van der Waals surface area (Å²) in [7, 11) is 0. The molecule has 0 atom stereocenters. The molecule has 0 radical (unpaired) electrons. The summed E-state index contributed by atoms with van der Waals surface area (Å²) >= 11 is 0. The van der Waals surface area contributed by atoms with E-state index in [4.69, 9.17) is 0 Å². The molecule has 5 heteroatoms. The van der Waals surface area contributed by atoms with Crippen molar-refractivity contribution >= 4 is 17.5 Å². The third kappa shape index (κ3) is 3.95. The van der Waals surface area contributed by atoms with Gasteiger partial charge in [-0.25, -0.2) is 4.39 Å². The molecule has 2 aromatic rings. The van der Waals surface area contributed by atoms with Gasteiger partial charge in [0.05, 0.1) is 0 Å². The molecule has 2 amide bonds. The molecular formula is C24H25FN2O2. The van der Waals surface area contributed by atoms with Gasteiger partial charge in [-0.05, 0) is 43.0 Å². The van der Waals surface area contributed by atoms with Crippen molar-refractivity contribution in [3.63, 3.8) is 0 Å². The van der Waals surface area contributed by atoms with Crippen molar-refractivity contribution in [1.29, 1.82) is 0 Å². The lowest BCUT2D eigenvalue weighted by atomic mass is 10.1. The number of benzene rings is 2. The van der Waals surface area contributed by atoms with Crippen molar-refractivity contribution < 1.29 is 14.0 Å². The maximum Gasteiger partial charge on any atom is 0.259 e. The van der Waals surface area contributed by atoms with E-state index in [0.29, 0.717) is 24.2 Å². The summed E-state index contributed by atoms with van der Waals surface area (Å²) in [5.41, 5.74) is 2.98. The Bertz CT molecular complexity index is 897. The third-order valence-electron chi connectivity index (χ3n) is 5.97. The molecule has 0 N–H and O–H groups in total. The van der Waals surface area contributed by atoms with E-state index in [9.17, 15) is 14.0 Å².